The first-order chi connectivity index (χ1) is 24.7. The maximum absolute atomic E-state index is 10.5. The monoisotopic (exact) mass is 711 g/mol. The summed E-state index contributed by atoms with van der Waals surface area (Å²) in [5.74, 6) is 0.150. The van der Waals surface area contributed by atoms with Crippen LogP contribution >= 0.6 is 0 Å². The largest absolute Gasteiger partial charge is 0.396 e. The summed E-state index contributed by atoms with van der Waals surface area (Å²) in [6.45, 7) is 0.244. The van der Waals surface area contributed by atoms with Gasteiger partial charge in [0.25, 0.3) is 0 Å². The molecule has 5 N–H and O–H groups in total. The van der Waals surface area contributed by atoms with Gasteiger partial charge in [0.1, 0.15) is 0 Å². The molecule has 1 atom stereocenters. The fourth-order valence-electron chi connectivity index (χ4n) is 10.1. The van der Waals surface area contributed by atoms with Gasteiger partial charge < -0.3 is 25.5 Å². The first-order valence-electron chi connectivity index (χ1n) is 22.7. The van der Waals surface area contributed by atoms with Crippen molar-refractivity contribution < 1.29 is 25.5 Å². The van der Waals surface area contributed by atoms with Crippen molar-refractivity contribution >= 4 is 0 Å². The molecule has 0 spiro atoms. The second-order valence-electron chi connectivity index (χ2n) is 16.7. The third-order valence-electron chi connectivity index (χ3n) is 13.1. The van der Waals surface area contributed by atoms with Gasteiger partial charge in [0.15, 0.2) is 0 Å². The third kappa shape index (κ3) is 21.5. The summed E-state index contributed by atoms with van der Waals surface area (Å²) in [5.41, 5.74) is -0.779. The minimum absolute atomic E-state index is 0.0283. The minimum atomic E-state index is -0.416. The molecule has 0 aliphatic heterocycles. The van der Waals surface area contributed by atoms with Gasteiger partial charge in [-0.05, 0) is 61.7 Å². The van der Waals surface area contributed by atoms with Gasteiger partial charge in [0.2, 0.25) is 0 Å². The number of hydrogen-bond donors (Lipinski definition) is 5. The van der Waals surface area contributed by atoms with E-state index in [9.17, 15) is 25.5 Å². The lowest BCUT2D eigenvalue weighted by Crippen LogP contribution is -2.50. The average Bonchev–Trinajstić information content (AvgIpc) is 3.11. The standard InChI is InChI=1S/C45H90O5/c46-38-32-43-31-29-27-25-23-21-19-17-15-13-11-9-7-5-3-1-2-4-6-8-10-12-14-16-18-20-22-24-26-28-30-33-44(34-39-47,35-40-48)45(43,36-41-49)37-42-50/h43,46-50H,1-42H2. The Labute approximate surface area is 312 Å². The fraction of sp³-hybridized carbons (Fsp3) is 1.00. The zero-order valence-electron chi connectivity index (χ0n) is 33.5. The summed E-state index contributed by atoms with van der Waals surface area (Å²) in [7, 11) is 0. The van der Waals surface area contributed by atoms with E-state index in [1.807, 2.05) is 0 Å². The normalized spacial score (nSPS) is 24.1. The zero-order valence-corrected chi connectivity index (χ0v) is 33.5. The van der Waals surface area contributed by atoms with E-state index in [4.69, 9.17) is 0 Å². The highest BCUT2D eigenvalue weighted by molar-refractivity contribution is 5.02. The molecule has 0 bridgehead atoms. The van der Waals surface area contributed by atoms with Crippen LogP contribution in [-0.4, -0.2) is 58.6 Å². The van der Waals surface area contributed by atoms with E-state index in [-0.39, 0.29) is 44.4 Å². The molecule has 1 aliphatic carbocycles. The van der Waals surface area contributed by atoms with Gasteiger partial charge in [-0.1, -0.05) is 193 Å². The Hall–Kier alpha value is -0.200. The van der Waals surface area contributed by atoms with Crippen LogP contribution in [0.4, 0.5) is 0 Å². The Morgan fingerprint density at radius 2 is 0.560 bits per heavy atom. The van der Waals surface area contributed by atoms with Crippen molar-refractivity contribution in [3.63, 3.8) is 0 Å². The molecule has 1 fully saturated rings. The van der Waals surface area contributed by atoms with E-state index in [1.165, 1.54) is 173 Å². The zero-order chi connectivity index (χ0) is 36.3. The van der Waals surface area contributed by atoms with Gasteiger partial charge in [0, 0.05) is 33.0 Å². The van der Waals surface area contributed by atoms with Crippen LogP contribution in [0.5, 0.6) is 0 Å². The average molecular weight is 711 g/mol. The predicted molar refractivity (Wildman–Crippen MR) is 215 cm³/mol. The van der Waals surface area contributed by atoms with Crippen LogP contribution in [0, 0.1) is 16.7 Å². The van der Waals surface area contributed by atoms with E-state index in [0.29, 0.717) is 32.1 Å². The summed E-state index contributed by atoms with van der Waals surface area (Å²) in [6, 6.07) is 0. The van der Waals surface area contributed by atoms with Crippen LogP contribution in [0.1, 0.15) is 238 Å². The smallest absolute Gasteiger partial charge is 0.0436 e. The lowest BCUT2D eigenvalue weighted by Gasteiger charge is -2.56. The molecule has 0 aromatic heterocycles. The number of hydrogen-bond acceptors (Lipinski definition) is 5. The Balaban J connectivity index is 2.83. The molecule has 0 saturated heterocycles. The van der Waals surface area contributed by atoms with Crippen LogP contribution in [0.3, 0.4) is 0 Å². The van der Waals surface area contributed by atoms with E-state index in [0.717, 1.165) is 32.1 Å². The van der Waals surface area contributed by atoms with Crippen LogP contribution in [0.15, 0.2) is 0 Å². The number of aliphatic hydroxyl groups excluding tert-OH is 5. The van der Waals surface area contributed by atoms with Crippen molar-refractivity contribution in [2.45, 2.75) is 238 Å². The van der Waals surface area contributed by atoms with Gasteiger partial charge in [-0.25, -0.2) is 0 Å². The fourth-order valence-corrected chi connectivity index (χ4v) is 10.1. The number of aliphatic hydroxyl groups is 5. The second-order valence-corrected chi connectivity index (χ2v) is 16.7. The molecule has 1 unspecified atom stereocenters. The molecule has 0 amide bonds. The molecule has 5 heteroatoms. The van der Waals surface area contributed by atoms with Crippen LogP contribution < -0.4 is 0 Å². The predicted octanol–water partition coefficient (Wildman–Crippen LogP) is 12.0. The summed E-state index contributed by atoms with van der Waals surface area (Å²) < 4.78 is 0. The molecule has 0 heterocycles. The Kier molecular flexibility index (Phi) is 33.1. The third-order valence-corrected chi connectivity index (χ3v) is 13.1. The molecule has 300 valence electrons. The Morgan fingerprint density at radius 3 is 0.820 bits per heavy atom. The van der Waals surface area contributed by atoms with Crippen molar-refractivity contribution in [1.29, 1.82) is 0 Å². The van der Waals surface area contributed by atoms with E-state index >= 15 is 0 Å². The quantitative estimate of drug-likeness (QED) is 0.155. The molecular formula is C45H90O5. The summed E-state index contributed by atoms with van der Waals surface area (Å²) in [5, 5.41) is 52.0. The van der Waals surface area contributed by atoms with E-state index in [2.05, 4.69) is 0 Å². The molecule has 0 aromatic rings. The van der Waals surface area contributed by atoms with Crippen LogP contribution in [0.2, 0.25) is 0 Å². The molecule has 1 saturated carbocycles. The number of rotatable bonds is 10. The van der Waals surface area contributed by atoms with Gasteiger partial charge >= 0.3 is 0 Å². The molecule has 5 nitrogen and oxygen atoms in total. The van der Waals surface area contributed by atoms with Crippen molar-refractivity contribution in [2.24, 2.45) is 16.7 Å². The minimum Gasteiger partial charge on any atom is -0.396 e. The SMILES string of the molecule is OCCC1CCCCCCCCCCCCCCCCCCCCCCCCCCCCCCCCC(CCO)(CCO)C1(CCO)CCO. The molecule has 1 rings (SSSR count). The van der Waals surface area contributed by atoms with Crippen molar-refractivity contribution in [3.8, 4) is 0 Å². The lowest BCUT2D eigenvalue weighted by molar-refractivity contribution is -0.100. The van der Waals surface area contributed by atoms with Crippen LogP contribution in [0.25, 0.3) is 0 Å². The molecule has 0 radical (unpaired) electrons. The highest BCUT2D eigenvalue weighted by atomic mass is 16.3. The Bertz CT molecular complexity index is 672. The molecule has 50 heavy (non-hydrogen) atoms. The summed E-state index contributed by atoms with van der Waals surface area (Å²) >= 11 is 0. The van der Waals surface area contributed by atoms with Crippen molar-refractivity contribution in [3.05, 3.63) is 0 Å². The Morgan fingerprint density at radius 1 is 0.300 bits per heavy atom. The van der Waals surface area contributed by atoms with Crippen LogP contribution in [-0.2, 0) is 0 Å². The molecule has 1 aliphatic rings. The van der Waals surface area contributed by atoms with E-state index < -0.39 is 5.41 Å². The van der Waals surface area contributed by atoms with E-state index in [1.54, 1.807) is 0 Å². The summed E-state index contributed by atoms with van der Waals surface area (Å²) in [6.07, 6.45) is 45.2. The van der Waals surface area contributed by atoms with Crippen molar-refractivity contribution in [2.75, 3.05) is 33.0 Å². The van der Waals surface area contributed by atoms with Gasteiger partial charge in [0.05, 0.1) is 0 Å². The first-order valence-corrected chi connectivity index (χ1v) is 22.7. The van der Waals surface area contributed by atoms with Crippen molar-refractivity contribution in [1.82, 2.24) is 0 Å². The maximum atomic E-state index is 10.5. The second kappa shape index (κ2) is 34.6. The summed E-state index contributed by atoms with van der Waals surface area (Å²) in [4.78, 5) is 0. The van der Waals surface area contributed by atoms with Gasteiger partial charge in [-0.2, -0.15) is 0 Å². The molecular weight excluding hydrogens is 620 g/mol. The van der Waals surface area contributed by atoms with Gasteiger partial charge in [-0.3, -0.25) is 0 Å². The highest BCUT2D eigenvalue weighted by Crippen LogP contribution is 2.59. The first kappa shape index (κ1) is 47.8. The topological polar surface area (TPSA) is 101 Å². The lowest BCUT2D eigenvalue weighted by atomic mass is 9.49. The van der Waals surface area contributed by atoms with Gasteiger partial charge in [-0.15, -0.1) is 0 Å². The maximum Gasteiger partial charge on any atom is 0.0436 e. The molecule has 0 aromatic carbocycles. The highest BCUT2D eigenvalue weighted by Gasteiger charge is 2.52.